The Bertz CT molecular complexity index is 1500. The highest BCUT2D eigenvalue weighted by atomic mass is 32.2. The fraction of sp³-hybridized carbons (Fsp3) is 0.406. The molecule has 2 N–H and O–H groups in total. The maximum atomic E-state index is 13.6. The Hall–Kier alpha value is -3.56. The van der Waals surface area contributed by atoms with E-state index in [9.17, 15) is 13.2 Å². The zero-order valence-corrected chi connectivity index (χ0v) is 25.0. The Kier molecular flexibility index (Phi) is 8.56. The molecule has 1 amide bonds. The number of methoxy groups -OCH3 is 2. The number of nitrogens with one attached hydrogen (secondary N) is 2. The van der Waals surface area contributed by atoms with E-state index in [1.54, 1.807) is 56.7 Å². The van der Waals surface area contributed by atoms with Crippen molar-refractivity contribution in [1.29, 1.82) is 0 Å². The molecule has 2 aliphatic rings. The maximum Gasteiger partial charge on any atom is 0.261 e. The van der Waals surface area contributed by atoms with Crippen LogP contribution in [-0.4, -0.2) is 59.1 Å². The highest BCUT2D eigenvalue weighted by Gasteiger charge is 2.35. The van der Waals surface area contributed by atoms with Crippen LogP contribution in [0.15, 0.2) is 65.6 Å². The summed E-state index contributed by atoms with van der Waals surface area (Å²) in [4.78, 5) is 16.3. The minimum Gasteiger partial charge on any atom is -0.493 e. The number of amides is 1. The Morgan fingerprint density at radius 1 is 0.927 bits per heavy atom. The molecule has 1 aliphatic heterocycles. The van der Waals surface area contributed by atoms with E-state index in [1.807, 2.05) is 26.0 Å². The minimum absolute atomic E-state index is 0.0659. The smallest absolute Gasteiger partial charge is 0.261 e. The van der Waals surface area contributed by atoms with Gasteiger partial charge in [0.05, 0.1) is 24.8 Å². The average molecular weight is 578 g/mol. The van der Waals surface area contributed by atoms with Crippen LogP contribution in [0.2, 0.25) is 0 Å². The molecule has 5 rings (SSSR count). The zero-order valence-electron chi connectivity index (χ0n) is 24.1. The van der Waals surface area contributed by atoms with Gasteiger partial charge in [0.1, 0.15) is 0 Å². The number of aryl methyl sites for hydroxylation is 2. The molecule has 3 aromatic rings. The van der Waals surface area contributed by atoms with Gasteiger partial charge < -0.3 is 19.7 Å². The number of hydrogen-bond donors (Lipinski definition) is 2. The normalized spacial score (nSPS) is 19.4. The number of carbonyl (C=O) groups is 1. The molecule has 41 heavy (non-hydrogen) atoms. The van der Waals surface area contributed by atoms with Gasteiger partial charge in [0, 0.05) is 37.2 Å². The molecule has 1 heterocycles. The second-order valence-electron chi connectivity index (χ2n) is 11.2. The largest absolute Gasteiger partial charge is 0.493 e. The van der Waals surface area contributed by atoms with Gasteiger partial charge in [-0.1, -0.05) is 29.8 Å². The Labute approximate surface area is 243 Å². The van der Waals surface area contributed by atoms with E-state index in [2.05, 4.69) is 21.0 Å². The van der Waals surface area contributed by atoms with Crippen molar-refractivity contribution in [1.82, 2.24) is 10.2 Å². The molecule has 0 aromatic heterocycles. The molecule has 8 nitrogen and oxygen atoms in total. The van der Waals surface area contributed by atoms with Crippen molar-refractivity contribution in [3.63, 3.8) is 0 Å². The van der Waals surface area contributed by atoms with Crippen LogP contribution >= 0.6 is 0 Å². The standard InChI is InChI=1S/C32H39N3O5S/c1-21-5-12-26(13-6-21)41(37,38)34-29-17-25(10-7-22(29)2)32(36)33-28-15-16-35(19-23-8-9-23)20-27(28)24-11-14-30(39-3)31(18-24)40-4/h5-7,10-14,17-18,23,27-28,34H,8-9,15-16,19-20H2,1-4H3,(H,33,36). The fourth-order valence-electron chi connectivity index (χ4n) is 5.49. The third-order valence-electron chi connectivity index (χ3n) is 8.14. The van der Waals surface area contributed by atoms with Crippen molar-refractivity contribution in [2.75, 3.05) is 38.6 Å². The van der Waals surface area contributed by atoms with Crippen LogP contribution in [0, 0.1) is 19.8 Å². The topological polar surface area (TPSA) is 97.0 Å². The van der Waals surface area contributed by atoms with Crippen molar-refractivity contribution in [3.05, 3.63) is 82.9 Å². The van der Waals surface area contributed by atoms with E-state index >= 15 is 0 Å². The molecule has 0 spiro atoms. The molecule has 2 atom stereocenters. The van der Waals surface area contributed by atoms with Crippen LogP contribution in [0.4, 0.5) is 5.69 Å². The lowest BCUT2D eigenvalue weighted by atomic mass is 9.85. The van der Waals surface area contributed by atoms with Gasteiger partial charge in [-0.3, -0.25) is 9.52 Å². The molecule has 2 unspecified atom stereocenters. The van der Waals surface area contributed by atoms with E-state index in [0.29, 0.717) is 22.7 Å². The molecule has 218 valence electrons. The predicted octanol–water partition coefficient (Wildman–Crippen LogP) is 5.12. The third-order valence-corrected chi connectivity index (χ3v) is 9.52. The molecule has 2 fully saturated rings. The van der Waals surface area contributed by atoms with Crippen LogP contribution in [0.3, 0.4) is 0 Å². The first-order chi connectivity index (χ1) is 19.7. The summed E-state index contributed by atoms with van der Waals surface area (Å²) in [6.07, 6.45) is 3.40. The van der Waals surface area contributed by atoms with Gasteiger partial charge in [-0.15, -0.1) is 0 Å². The Morgan fingerprint density at radius 2 is 1.66 bits per heavy atom. The van der Waals surface area contributed by atoms with Crippen LogP contribution in [0.5, 0.6) is 11.5 Å². The number of rotatable bonds is 10. The van der Waals surface area contributed by atoms with Crippen molar-refractivity contribution in [2.24, 2.45) is 5.92 Å². The first kappa shape index (κ1) is 29.0. The predicted molar refractivity (Wildman–Crippen MR) is 160 cm³/mol. The summed E-state index contributed by atoms with van der Waals surface area (Å²) in [7, 11) is -0.551. The number of piperidine rings is 1. The van der Waals surface area contributed by atoms with Crippen molar-refractivity contribution < 1.29 is 22.7 Å². The number of sulfonamides is 1. The highest BCUT2D eigenvalue weighted by Crippen LogP contribution is 2.37. The van der Waals surface area contributed by atoms with Crippen LogP contribution in [0.1, 0.15) is 52.2 Å². The SMILES string of the molecule is COc1ccc(C2CN(CC3CC3)CCC2NC(=O)c2ccc(C)c(NS(=O)(=O)c3ccc(C)cc3)c2)cc1OC. The van der Waals surface area contributed by atoms with Crippen LogP contribution in [-0.2, 0) is 10.0 Å². The summed E-state index contributed by atoms with van der Waals surface area (Å²) < 4.78 is 39.8. The summed E-state index contributed by atoms with van der Waals surface area (Å²) in [6, 6.07) is 17.7. The van der Waals surface area contributed by atoms with Gasteiger partial charge in [-0.05, 0) is 86.6 Å². The Balaban J connectivity index is 1.36. The molecular formula is C32H39N3O5S. The lowest BCUT2D eigenvalue weighted by Gasteiger charge is -2.39. The molecule has 0 radical (unpaired) electrons. The number of benzene rings is 3. The Morgan fingerprint density at radius 3 is 2.34 bits per heavy atom. The maximum absolute atomic E-state index is 13.6. The molecule has 1 saturated carbocycles. The second kappa shape index (κ2) is 12.1. The third kappa shape index (κ3) is 6.85. The zero-order chi connectivity index (χ0) is 29.1. The lowest BCUT2D eigenvalue weighted by Crippen LogP contribution is -2.50. The fourth-order valence-corrected chi connectivity index (χ4v) is 6.61. The summed E-state index contributed by atoms with van der Waals surface area (Å²) in [5.41, 5.74) is 3.58. The van der Waals surface area contributed by atoms with Gasteiger partial charge in [0.2, 0.25) is 0 Å². The summed E-state index contributed by atoms with van der Waals surface area (Å²) in [6.45, 7) is 6.57. The lowest BCUT2D eigenvalue weighted by molar-refractivity contribution is 0.0893. The summed E-state index contributed by atoms with van der Waals surface area (Å²) in [5.74, 6) is 1.95. The number of nitrogens with zero attached hydrogens (tertiary/aromatic N) is 1. The second-order valence-corrected chi connectivity index (χ2v) is 12.9. The number of ether oxygens (including phenoxy) is 2. The molecule has 1 aliphatic carbocycles. The van der Waals surface area contributed by atoms with E-state index in [0.717, 1.165) is 48.7 Å². The number of hydrogen-bond acceptors (Lipinski definition) is 6. The van der Waals surface area contributed by atoms with Crippen LogP contribution < -0.4 is 19.5 Å². The number of likely N-dealkylation sites (tertiary alicyclic amines) is 1. The van der Waals surface area contributed by atoms with Gasteiger partial charge in [0.25, 0.3) is 15.9 Å². The highest BCUT2D eigenvalue weighted by molar-refractivity contribution is 7.92. The van der Waals surface area contributed by atoms with E-state index < -0.39 is 10.0 Å². The number of carbonyl (C=O) groups excluding carboxylic acids is 1. The van der Waals surface area contributed by atoms with Gasteiger partial charge >= 0.3 is 0 Å². The van der Waals surface area contributed by atoms with Crippen molar-refractivity contribution in [2.45, 2.75) is 50.0 Å². The van der Waals surface area contributed by atoms with E-state index in [-0.39, 0.29) is 22.8 Å². The number of anilines is 1. The minimum atomic E-state index is -3.80. The quantitative estimate of drug-likeness (QED) is 0.347. The molecular weight excluding hydrogens is 538 g/mol. The molecule has 0 bridgehead atoms. The van der Waals surface area contributed by atoms with Gasteiger partial charge in [0.15, 0.2) is 11.5 Å². The molecule has 3 aromatic carbocycles. The van der Waals surface area contributed by atoms with E-state index in [1.165, 1.54) is 12.8 Å². The summed E-state index contributed by atoms with van der Waals surface area (Å²) in [5, 5.41) is 3.27. The van der Waals surface area contributed by atoms with Crippen LogP contribution in [0.25, 0.3) is 0 Å². The van der Waals surface area contributed by atoms with E-state index in [4.69, 9.17) is 9.47 Å². The first-order valence-corrected chi connectivity index (χ1v) is 15.6. The van der Waals surface area contributed by atoms with Gasteiger partial charge in [-0.25, -0.2) is 8.42 Å². The van der Waals surface area contributed by atoms with Crippen molar-refractivity contribution in [3.8, 4) is 11.5 Å². The first-order valence-electron chi connectivity index (χ1n) is 14.1. The van der Waals surface area contributed by atoms with Crippen molar-refractivity contribution >= 4 is 21.6 Å². The average Bonchev–Trinajstić information content (AvgIpc) is 3.78. The molecule has 1 saturated heterocycles. The molecule has 9 heteroatoms. The van der Waals surface area contributed by atoms with Gasteiger partial charge in [-0.2, -0.15) is 0 Å². The summed E-state index contributed by atoms with van der Waals surface area (Å²) >= 11 is 0. The monoisotopic (exact) mass is 577 g/mol.